The topological polar surface area (TPSA) is 59.0 Å². The van der Waals surface area contributed by atoms with Crippen LogP contribution in [0.15, 0.2) is 60.7 Å². The summed E-state index contributed by atoms with van der Waals surface area (Å²) in [6.45, 7) is 5.95. The van der Waals surface area contributed by atoms with Crippen molar-refractivity contribution in [3.8, 4) is 11.5 Å². The van der Waals surface area contributed by atoms with Crippen LogP contribution in [0, 0.1) is 11.3 Å². The zero-order chi connectivity index (χ0) is 28.2. The van der Waals surface area contributed by atoms with E-state index in [0.29, 0.717) is 16.5 Å². The highest BCUT2D eigenvalue weighted by molar-refractivity contribution is 6.30. The van der Waals surface area contributed by atoms with Gasteiger partial charge in [-0.1, -0.05) is 35.9 Å². The molecule has 0 spiro atoms. The molecule has 0 saturated heterocycles. The number of halogens is 1. The summed E-state index contributed by atoms with van der Waals surface area (Å²) in [6.07, 6.45) is 5.91. The summed E-state index contributed by atoms with van der Waals surface area (Å²) < 4.78 is 11.8. The van der Waals surface area contributed by atoms with Gasteiger partial charge in [-0.05, 0) is 117 Å². The van der Waals surface area contributed by atoms with E-state index in [1.165, 1.54) is 12.8 Å². The molecule has 6 rings (SSSR count). The van der Waals surface area contributed by atoms with Gasteiger partial charge in [0.05, 0.1) is 31.3 Å². The normalized spacial score (nSPS) is 25.2. The highest BCUT2D eigenvalue weighted by atomic mass is 35.5. The first-order valence-corrected chi connectivity index (χ1v) is 14.8. The van der Waals surface area contributed by atoms with E-state index in [-0.39, 0.29) is 29.9 Å². The van der Waals surface area contributed by atoms with Gasteiger partial charge < -0.3 is 19.5 Å². The Morgan fingerprint density at radius 3 is 2.27 bits per heavy atom. The molecule has 6 heteroatoms. The lowest BCUT2D eigenvalue weighted by Gasteiger charge is -2.42. The predicted molar refractivity (Wildman–Crippen MR) is 158 cm³/mol. The Kier molecular flexibility index (Phi) is 6.87. The van der Waals surface area contributed by atoms with Crippen molar-refractivity contribution in [1.82, 2.24) is 0 Å². The lowest BCUT2D eigenvalue weighted by atomic mass is 9.67. The lowest BCUT2D eigenvalue weighted by molar-refractivity contribution is -0.118. The van der Waals surface area contributed by atoms with Crippen LogP contribution in [0.4, 0.5) is 5.69 Å². The SMILES string of the molecule is COc1cc2c(cc1OC(C)C)[C@H](c1ccc(Cl)cc1)N(c1ccc([C@](C)(O)C34CCC(CC3)C4)cc1)C(=O)C2. The van der Waals surface area contributed by atoms with E-state index in [9.17, 15) is 9.90 Å². The summed E-state index contributed by atoms with van der Waals surface area (Å²) in [5.41, 5.74) is 3.65. The van der Waals surface area contributed by atoms with Crippen molar-refractivity contribution in [2.75, 3.05) is 12.0 Å². The van der Waals surface area contributed by atoms with Crippen molar-refractivity contribution in [2.45, 2.75) is 77.0 Å². The first-order chi connectivity index (χ1) is 19.1. The highest BCUT2D eigenvalue weighted by Crippen LogP contribution is 2.62. The van der Waals surface area contributed by atoms with E-state index in [1.807, 2.05) is 86.3 Å². The number of anilines is 1. The number of carbonyl (C=O) groups excluding carboxylic acids is 1. The van der Waals surface area contributed by atoms with Gasteiger partial charge in [-0.2, -0.15) is 0 Å². The first kappa shape index (κ1) is 27.2. The summed E-state index contributed by atoms with van der Waals surface area (Å²) in [5, 5.41) is 12.5. The van der Waals surface area contributed by atoms with Crippen LogP contribution in [0.25, 0.3) is 0 Å². The number of aliphatic hydroxyl groups is 1. The molecule has 3 aromatic carbocycles. The molecule has 2 fully saturated rings. The molecule has 1 amide bonds. The van der Waals surface area contributed by atoms with Crippen molar-refractivity contribution in [1.29, 1.82) is 0 Å². The van der Waals surface area contributed by atoms with Crippen molar-refractivity contribution < 1.29 is 19.4 Å². The van der Waals surface area contributed by atoms with E-state index in [4.69, 9.17) is 21.1 Å². The summed E-state index contributed by atoms with van der Waals surface area (Å²) >= 11 is 6.25. The molecule has 0 radical (unpaired) electrons. The monoisotopic (exact) mass is 559 g/mol. The zero-order valence-corrected chi connectivity index (χ0v) is 24.5. The van der Waals surface area contributed by atoms with Crippen LogP contribution in [0.5, 0.6) is 11.5 Å². The Balaban J connectivity index is 1.42. The Morgan fingerprint density at radius 2 is 1.70 bits per heavy atom. The van der Waals surface area contributed by atoms with Gasteiger partial charge in [0.15, 0.2) is 11.5 Å². The fraction of sp³-hybridized carbons (Fsp3) is 0.441. The van der Waals surface area contributed by atoms with Crippen LogP contribution in [0.3, 0.4) is 0 Å². The molecular formula is C34H38ClNO4. The molecule has 5 nitrogen and oxygen atoms in total. The Hall–Kier alpha value is -3.02. The number of methoxy groups -OCH3 is 1. The third-order valence-corrected chi connectivity index (χ3v) is 9.87. The minimum absolute atomic E-state index is 0.000405. The van der Waals surface area contributed by atoms with Gasteiger partial charge in [-0.25, -0.2) is 0 Å². The molecule has 210 valence electrons. The van der Waals surface area contributed by atoms with Crippen LogP contribution in [0.1, 0.15) is 81.2 Å². The molecule has 40 heavy (non-hydrogen) atoms. The molecule has 2 atom stereocenters. The van der Waals surface area contributed by atoms with Crippen LogP contribution in [0.2, 0.25) is 5.02 Å². The molecular weight excluding hydrogens is 522 g/mol. The fourth-order valence-corrected chi connectivity index (χ4v) is 7.58. The number of carbonyl (C=O) groups is 1. The standard InChI is InChI=1S/C34H38ClNO4/c1-21(2)40-30-19-28-24(17-29(30)39-4)18-31(37)36(32(28)23-5-9-26(35)10-6-23)27-11-7-25(8-12-27)33(3,38)34-15-13-22(20-34)14-16-34/h5-12,17,19,21-22,32,38H,13-16,18,20H2,1-4H3/t22?,32-,33-,34?/m0/s1. The zero-order valence-electron chi connectivity index (χ0n) is 23.7. The highest BCUT2D eigenvalue weighted by Gasteiger charge is 2.55. The van der Waals surface area contributed by atoms with E-state index >= 15 is 0 Å². The molecule has 0 unspecified atom stereocenters. The summed E-state index contributed by atoms with van der Waals surface area (Å²) in [6, 6.07) is 19.3. The average molecular weight is 560 g/mol. The van der Waals surface area contributed by atoms with Crippen molar-refractivity contribution >= 4 is 23.2 Å². The van der Waals surface area contributed by atoms with Gasteiger partial charge in [-0.3, -0.25) is 4.79 Å². The van der Waals surface area contributed by atoms with Gasteiger partial charge in [0, 0.05) is 16.1 Å². The Morgan fingerprint density at radius 1 is 1.02 bits per heavy atom. The van der Waals surface area contributed by atoms with E-state index in [0.717, 1.165) is 53.1 Å². The van der Waals surface area contributed by atoms with Crippen LogP contribution in [-0.4, -0.2) is 24.2 Å². The van der Waals surface area contributed by atoms with Gasteiger partial charge in [0.2, 0.25) is 5.91 Å². The first-order valence-electron chi connectivity index (χ1n) is 14.4. The summed E-state index contributed by atoms with van der Waals surface area (Å²) in [7, 11) is 1.62. The molecule has 0 aromatic heterocycles. The number of nitrogens with zero attached hydrogens (tertiary/aromatic N) is 1. The maximum atomic E-state index is 13.8. The van der Waals surface area contributed by atoms with Crippen molar-refractivity contribution in [3.05, 3.63) is 87.9 Å². The predicted octanol–water partition coefficient (Wildman–Crippen LogP) is 7.60. The second kappa shape index (κ2) is 10.1. The number of rotatable bonds is 7. The number of fused-ring (bicyclic) bond motifs is 3. The minimum atomic E-state index is -0.898. The second-order valence-corrected chi connectivity index (χ2v) is 12.7. The van der Waals surface area contributed by atoms with E-state index in [2.05, 4.69) is 0 Å². The molecule has 2 saturated carbocycles. The number of hydrogen-bond donors (Lipinski definition) is 1. The fourth-order valence-electron chi connectivity index (χ4n) is 7.46. The molecule has 3 aliphatic rings. The van der Waals surface area contributed by atoms with Crippen LogP contribution in [-0.2, 0) is 16.8 Å². The quantitative estimate of drug-likeness (QED) is 0.324. The minimum Gasteiger partial charge on any atom is -0.493 e. The van der Waals surface area contributed by atoms with Crippen LogP contribution < -0.4 is 14.4 Å². The number of benzene rings is 3. The van der Waals surface area contributed by atoms with Crippen molar-refractivity contribution in [3.63, 3.8) is 0 Å². The third-order valence-electron chi connectivity index (χ3n) is 9.62. The molecule has 1 heterocycles. The smallest absolute Gasteiger partial charge is 0.232 e. The molecule has 1 aliphatic heterocycles. The Labute approximate surface area is 242 Å². The second-order valence-electron chi connectivity index (χ2n) is 12.3. The van der Waals surface area contributed by atoms with Gasteiger partial charge >= 0.3 is 0 Å². The van der Waals surface area contributed by atoms with Gasteiger partial charge in [0.25, 0.3) is 0 Å². The van der Waals surface area contributed by atoms with Gasteiger partial charge in [-0.15, -0.1) is 0 Å². The molecule has 1 N–H and O–H groups in total. The average Bonchev–Trinajstić information content (AvgIpc) is 3.56. The Bertz CT molecular complexity index is 1410. The van der Waals surface area contributed by atoms with E-state index < -0.39 is 5.60 Å². The number of hydrogen-bond acceptors (Lipinski definition) is 4. The lowest BCUT2D eigenvalue weighted by Crippen LogP contribution is -2.42. The van der Waals surface area contributed by atoms with E-state index in [1.54, 1.807) is 7.11 Å². The van der Waals surface area contributed by atoms with Crippen LogP contribution >= 0.6 is 11.6 Å². The number of amides is 1. The van der Waals surface area contributed by atoms with Crippen molar-refractivity contribution in [2.24, 2.45) is 11.3 Å². The molecule has 3 aromatic rings. The summed E-state index contributed by atoms with van der Waals surface area (Å²) in [4.78, 5) is 15.7. The van der Waals surface area contributed by atoms with Gasteiger partial charge in [0.1, 0.15) is 0 Å². The largest absolute Gasteiger partial charge is 0.493 e. The maximum Gasteiger partial charge on any atom is 0.232 e. The third kappa shape index (κ3) is 4.48. The number of ether oxygens (including phenoxy) is 2. The summed E-state index contributed by atoms with van der Waals surface area (Å²) in [5.74, 6) is 2.02. The maximum absolute atomic E-state index is 13.8. The molecule has 2 bridgehead atoms. The molecule has 2 aliphatic carbocycles.